The summed E-state index contributed by atoms with van der Waals surface area (Å²) in [5.41, 5.74) is 2.29. The maximum atomic E-state index is 5.87. The van der Waals surface area contributed by atoms with E-state index in [9.17, 15) is 0 Å². The lowest BCUT2D eigenvalue weighted by Gasteiger charge is -2.16. The van der Waals surface area contributed by atoms with Gasteiger partial charge in [0.25, 0.3) is 0 Å². The van der Waals surface area contributed by atoms with E-state index in [1.54, 1.807) is 7.11 Å². The third-order valence-corrected chi connectivity index (χ3v) is 3.22. The zero-order valence-electron chi connectivity index (χ0n) is 12.3. The van der Waals surface area contributed by atoms with Gasteiger partial charge in [-0.05, 0) is 13.0 Å². The van der Waals surface area contributed by atoms with Gasteiger partial charge in [-0.15, -0.1) is 0 Å². The Morgan fingerprint density at radius 2 is 2.14 bits per heavy atom. The molecule has 0 aromatic heterocycles. The van der Waals surface area contributed by atoms with Crippen molar-refractivity contribution in [3.63, 3.8) is 0 Å². The van der Waals surface area contributed by atoms with Crippen LogP contribution in [0.2, 0.25) is 0 Å². The molecule has 118 valence electrons. The van der Waals surface area contributed by atoms with E-state index in [-0.39, 0.29) is 6.61 Å². The Balaban J connectivity index is 2.80. The lowest BCUT2D eigenvalue weighted by atomic mass is 10.2. The summed E-state index contributed by atoms with van der Waals surface area (Å²) in [5.74, 6) is 1.38. The summed E-state index contributed by atoms with van der Waals surface area (Å²) >= 11 is 11.4. The highest BCUT2D eigenvalue weighted by atomic mass is 35.5. The van der Waals surface area contributed by atoms with Crippen molar-refractivity contribution in [2.45, 2.75) is 13.5 Å². The molecule has 6 heteroatoms. The van der Waals surface area contributed by atoms with Crippen LogP contribution in [0.1, 0.15) is 12.5 Å². The highest BCUT2D eigenvalue weighted by molar-refractivity contribution is 6.36. The maximum Gasteiger partial charge on any atom is 0.166 e. The van der Waals surface area contributed by atoms with Crippen LogP contribution >= 0.6 is 23.2 Å². The van der Waals surface area contributed by atoms with Crippen LogP contribution in [0.25, 0.3) is 0 Å². The van der Waals surface area contributed by atoms with Crippen molar-refractivity contribution < 1.29 is 14.2 Å². The first-order valence-corrected chi connectivity index (χ1v) is 7.56. The molecule has 0 aliphatic carbocycles. The number of methoxy groups -OCH3 is 1. The Bertz CT molecular complexity index is 453. The number of benzene rings is 1. The van der Waals surface area contributed by atoms with Crippen molar-refractivity contribution in [3.05, 3.63) is 34.3 Å². The van der Waals surface area contributed by atoms with E-state index in [1.807, 2.05) is 25.1 Å². The third kappa shape index (κ3) is 6.57. The quantitative estimate of drug-likeness (QED) is 0.665. The fourth-order valence-electron chi connectivity index (χ4n) is 1.70. The Kier molecular flexibility index (Phi) is 9.26. The minimum atomic E-state index is 0.209. The zero-order chi connectivity index (χ0) is 15.5. The minimum Gasteiger partial charge on any atom is -0.490 e. The molecule has 1 aromatic carbocycles. The third-order valence-electron chi connectivity index (χ3n) is 2.63. The summed E-state index contributed by atoms with van der Waals surface area (Å²) in [4.78, 5) is 0. The molecule has 0 saturated carbocycles. The molecular weight excluding hydrogens is 313 g/mol. The Hall–Kier alpha value is -0.940. The molecule has 1 aromatic rings. The molecule has 0 saturated heterocycles. The van der Waals surface area contributed by atoms with Crippen LogP contribution in [0.3, 0.4) is 0 Å². The molecule has 1 rings (SSSR count). The second-order valence-electron chi connectivity index (χ2n) is 4.19. The molecule has 0 aliphatic rings. The van der Waals surface area contributed by atoms with E-state index >= 15 is 0 Å². The fourth-order valence-corrected chi connectivity index (χ4v) is 1.82. The molecule has 1 N–H and O–H groups in total. The van der Waals surface area contributed by atoms with Crippen molar-refractivity contribution in [2.75, 3.05) is 33.5 Å². The SMILES string of the molecule is CCOc1cccc(CNCCOC)c1OCC(Cl)=CCl. The number of hydrogen-bond donors (Lipinski definition) is 1. The van der Waals surface area contributed by atoms with E-state index < -0.39 is 0 Å². The standard InChI is InChI=1S/C15H21Cl2NO3/c1-3-20-14-6-4-5-12(10-18-7-8-19-2)15(14)21-11-13(17)9-16/h4-6,9,18H,3,7-8,10-11H2,1-2H3. The van der Waals surface area contributed by atoms with E-state index in [4.69, 9.17) is 37.4 Å². The molecule has 0 radical (unpaired) electrons. The summed E-state index contributed by atoms with van der Waals surface area (Å²) in [5, 5.41) is 3.71. The number of ether oxygens (including phenoxy) is 3. The lowest BCUT2D eigenvalue weighted by Crippen LogP contribution is -2.19. The number of rotatable bonds is 10. The smallest absolute Gasteiger partial charge is 0.166 e. The normalized spacial score (nSPS) is 11.5. The molecule has 0 heterocycles. The first-order chi connectivity index (χ1) is 10.2. The molecule has 21 heavy (non-hydrogen) atoms. The van der Waals surface area contributed by atoms with Gasteiger partial charge in [-0.2, -0.15) is 0 Å². The highest BCUT2D eigenvalue weighted by Crippen LogP contribution is 2.32. The predicted molar refractivity (Wildman–Crippen MR) is 86.5 cm³/mol. The van der Waals surface area contributed by atoms with Gasteiger partial charge in [0.2, 0.25) is 0 Å². The molecule has 0 atom stereocenters. The van der Waals surface area contributed by atoms with E-state index in [2.05, 4.69) is 5.32 Å². The van der Waals surface area contributed by atoms with Crippen LogP contribution in [-0.2, 0) is 11.3 Å². The van der Waals surface area contributed by atoms with E-state index in [1.165, 1.54) is 5.54 Å². The molecule has 0 spiro atoms. The average Bonchev–Trinajstić information content (AvgIpc) is 2.50. The van der Waals surface area contributed by atoms with Gasteiger partial charge < -0.3 is 19.5 Å². The van der Waals surface area contributed by atoms with Crippen LogP contribution in [0, 0.1) is 0 Å². The first kappa shape index (κ1) is 18.1. The van der Waals surface area contributed by atoms with E-state index in [0.29, 0.717) is 36.3 Å². The Labute approximate surface area is 136 Å². The van der Waals surface area contributed by atoms with Gasteiger partial charge >= 0.3 is 0 Å². The number of para-hydroxylation sites is 1. The van der Waals surface area contributed by atoms with Crippen molar-refractivity contribution in [3.8, 4) is 11.5 Å². The second-order valence-corrected chi connectivity index (χ2v) is 4.90. The lowest BCUT2D eigenvalue weighted by molar-refractivity contribution is 0.199. The average molecular weight is 334 g/mol. The molecule has 4 nitrogen and oxygen atoms in total. The Morgan fingerprint density at radius 3 is 2.81 bits per heavy atom. The summed E-state index contributed by atoms with van der Waals surface area (Å²) in [6.45, 7) is 4.77. The molecule has 0 fully saturated rings. The van der Waals surface area contributed by atoms with Crippen LogP contribution in [0.5, 0.6) is 11.5 Å². The van der Waals surface area contributed by atoms with E-state index in [0.717, 1.165) is 12.1 Å². The topological polar surface area (TPSA) is 39.7 Å². The van der Waals surface area contributed by atoms with Gasteiger partial charge in [0.05, 0.1) is 18.2 Å². The number of hydrogen-bond acceptors (Lipinski definition) is 4. The molecule has 0 aliphatic heterocycles. The molecular formula is C15H21Cl2NO3. The predicted octanol–water partition coefficient (Wildman–Crippen LogP) is 3.52. The monoisotopic (exact) mass is 333 g/mol. The van der Waals surface area contributed by atoms with Crippen LogP contribution < -0.4 is 14.8 Å². The Morgan fingerprint density at radius 1 is 1.33 bits per heavy atom. The van der Waals surface area contributed by atoms with Gasteiger partial charge in [0, 0.05) is 31.3 Å². The van der Waals surface area contributed by atoms with Crippen molar-refractivity contribution in [1.82, 2.24) is 5.32 Å². The van der Waals surface area contributed by atoms with Crippen molar-refractivity contribution in [2.24, 2.45) is 0 Å². The largest absolute Gasteiger partial charge is 0.490 e. The van der Waals surface area contributed by atoms with Gasteiger partial charge in [-0.25, -0.2) is 0 Å². The summed E-state index contributed by atoms with van der Waals surface area (Å²) in [6.07, 6.45) is 0. The summed E-state index contributed by atoms with van der Waals surface area (Å²) < 4.78 is 16.4. The van der Waals surface area contributed by atoms with Crippen LogP contribution in [0.15, 0.2) is 28.8 Å². The van der Waals surface area contributed by atoms with Gasteiger partial charge in [0.1, 0.15) is 6.61 Å². The van der Waals surface area contributed by atoms with Crippen molar-refractivity contribution >= 4 is 23.2 Å². The first-order valence-electron chi connectivity index (χ1n) is 6.74. The highest BCUT2D eigenvalue weighted by Gasteiger charge is 2.11. The van der Waals surface area contributed by atoms with Crippen LogP contribution in [-0.4, -0.2) is 33.5 Å². The van der Waals surface area contributed by atoms with Gasteiger partial charge in [-0.1, -0.05) is 35.3 Å². The maximum absolute atomic E-state index is 5.87. The van der Waals surface area contributed by atoms with Gasteiger partial charge in [-0.3, -0.25) is 0 Å². The van der Waals surface area contributed by atoms with Crippen molar-refractivity contribution in [1.29, 1.82) is 0 Å². The summed E-state index contributed by atoms with van der Waals surface area (Å²) in [6, 6.07) is 5.79. The molecule has 0 bridgehead atoms. The fraction of sp³-hybridized carbons (Fsp3) is 0.467. The molecule has 0 unspecified atom stereocenters. The number of nitrogens with one attached hydrogen (secondary N) is 1. The second kappa shape index (κ2) is 10.7. The minimum absolute atomic E-state index is 0.209. The summed E-state index contributed by atoms with van der Waals surface area (Å²) in [7, 11) is 1.67. The van der Waals surface area contributed by atoms with Gasteiger partial charge in [0.15, 0.2) is 11.5 Å². The van der Waals surface area contributed by atoms with Crippen LogP contribution in [0.4, 0.5) is 0 Å². The zero-order valence-corrected chi connectivity index (χ0v) is 13.8. The number of halogens is 2. The molecule has 0 amide bonds.